The van der Waals surface area contributed by atoms with Gasteiger partial charge in [-0.3, -0.25) is 4.90 Å². The molecule has 2 aliphatic rings. The number of nitrogens with zero attached hydrogens (tertiary/aromatic N) is 4. The Labute approximate surface area is 190 Å². The number of pyridine rings is 1. The zero-order valence-electron chi connectivity index (χ0n) is 18.9. The number of nitrogens with one attached hydrogen (secondary N) is 2. The minimum atomic E-state index is -0.209. The average molecular weight is 439 g/mol. The monoisotopic (exact) mass is 438 g/mol. The lowest BCUT2D eigenvalue weighted by atomic mass is 10.1. The van der Waals surface area contributed by atoms with Gasteiger partial charge in [0, 0.05) is 57.7 Å². The molecule has 172 valence electrons. The fourth-order valence-corrected chi connectivity index (χ4v) is 4.11. The molecule has 2 aliphatic heterocycles. The zero-order chi connectivity index (χ0) is 22.2. The maximum absolute atomic E-state index is 12.5. The number of para-hydroxylation sites is 1. The summed E-state index contributed by atoms with van der Waals surface area (Å²) in [5, 5.41) is 5.95. The van der Waals surface area contributed by atoms with Gasteiger partial charge in [0.05, 0.1) is 13.2 Å². The molecular weight excluding hydrogens is 404 g/mol. The summed E-state index contributed by atoms with van der Waals surface area (Å²) < 4.78 is 5.43. The Hall–Kier alpha value is -2.68. The van der Waals surface area contributed by atoms with Crippen LogP contribution in [0.5, 0.6) is 0 Å². The molecule has 0 aliphatic carbocycles. The molecule has 0 bridgehead atoms. The maximum atomic E-state index is 12.5. The number of benzene rings is 1. The second-order valence-corrected chi connectivity index (χ2v) is 8.52. The minimum Gasteiger partial charge on any atom is -0.379 e. The molecule has 0 atom stereocenters. The molecule has 8 nitrogen and oxygen atoms in total. The fourth-order valence-electron chi connectivity index (χ4n) is 4.11. The van der Waals surface area contributed by atoms with Gasteiger partial charge in [0.25, 0.3) is 0 Å². The van der Waals surface area contributed by atoms with E-state index in [0.29, 0.717) is 6.54 Å². The second kappa shape index (κ2) is 11.3. The van der Waals surface area contributed by atoms with Gasteiger partial charge >= 0.3 is 6.03 Å². The van der Waals surface area contributed by atoms with Crippen molar-refractivity contribution in [1.29, 1.82) is 0 Å². The second-order valence-electron chi connectivity index (χ2n) is 8.52. The van der Waals surface area contributed by atoms with Gasteiger partial charge in [0.15, 0.2) is 0 Å². The van der Waals surface area contributed by atoms with Gasteiger partial charge in [-0.05, 0) is 43.3 Å². The van der Waals surface area contributed by atoms with Crippen LogP contribution in [0, 0.1) is 0 Å². The summed E-state index contributed by atoms with van der Waals surface area (Å²) in [5.41, 5.74) is 2.94. The Kier molecular flexibility index (Phi) is 7.92. The summed E-state index contributed by atoms with van der Waals surface area (Å²) >= 11 is 0. The lowest BCUT2D eigenvalue weighted by molar-refractivity contribution is 0.0343. The summed E-state index contributed by atoms with van der Waals surface area (Å²) in [6.45, 7) is 8.80. The molecule has 32 heavy (non-hydrogen) atoms. The Morgan fingerprint density at radius 3 is 2.69 bits per heavy atom. The van der Waals surface area contributed by atoms with Gasteiger partial charge < -0.3 is 25.2 Å². The molecular formula is C24H34N6O2. The summed E-state index contributed by atoms with van der Waals surface area (Å²) in [7, 11) is 2.16. The van der Waals surface area contributed by atoms with Gasteiger partial charge in [0.1, 0.15) is 5.82 Å². The smallest absolute Gasteiger partial charge is 0.319 e. The van der Waals surface area contributed by atoms with Crippen molar-refractivity contribution >= 4 is 17.5 Å². The van der Waals surface area contributed by atoms with Crippen LogP contribution in [0.1, 0.15) is 17.5 Å². The minimum absolute atomic E-state index is 0.209. The van der Waals surface area contributed by atoms with Gasteiger partial charge in [-0.25, -0.2) is 9.78 Å². The Morgan fingerprint density at radius 1 is 1.03 bits per heavy atom. The molecule has 2 aromatic rings. The highest BCUT2D eigenvalue weighted by Crippen LogP contribution is 2.18. The molecule has 1 aromatic heterocycles. The number of carbonyl (C=O) groups is 1. The molecule has 2 amide bonds. The third kappa shape index (κ3) is 6.41. The lowest BCUT2D eigenvalue weighted by Gasteiger charge is -2.27. The molecule has 0 spiro atoms. The van der Waals surface area contributed by atoms with Crippen LogP contribution >= 0.6 is 0 Å². The van der Waals surface area contributed by atoms with E-state index in [1.54, 1.807) is 0 Å². The molecule has 1 aromatic carbocycles. The van der Waals surface area contributed by atoms with Crippen LogP contribution in [0.3, 0.4) is 0 Å². The molecule has 0 unspecified atom stereocenters. The van der Waals surface area contributed by atoms with Crippen molar-refractivity contribution in [1.82, 2.24) is 20.1 Å². The van der Waals surface area contributed by atoms with Gasteiger partial charge in [-0.15, -0.1) is 0 Å². The van der Waals surface area contributed by atoms with Crippen molar-refractivity contribution in [3.8, 4) is 0 Å². The molecule has 0 radical (unpaired) electrons. The van der Waals surface area contributed by atoms with Crippen molar-refractivity contribution < 1.29 is 9.53 Å². The van der Waals surface area contributed by atoms with Crippen LogP contribution in [0.4, 0.5) is 16.3 Å². The number of urea groups is 1. The summed E-state index contributed by atoms with van der Waals surface area (Å²) in [4.78, 5) is 24.2. The number of anilines is 2. The van der Waals surface area contributed by atoms with E-state index in [4.69, 9.17) is 4.74 Å². The number of ether oxygens (including phenoxy) is 1. The summed E-state index contributed by atoms with van der Waals surface area (Å²) in [5.74, 6) is 1.01. The Morgan fingerprint density at radius 2 is 1.88 bits per heavy atom. The van der Waals surface area contributed by atoms with Crippen molar-refractivity contribution in [3.05, 3.63) is 53.7 Å². The van der Waals surface area contributed by atoms with E-state index in [-0.39, 0.29) is 6.03 Å². The van der Waals surface area contributed by atoms with Crippen LogP contribution in [0.2, 0.25) is 0 Å². The Balaban J connectivity index is 1.28. The van der Waals surface area contributed by atoms with E-state index in [1.807, 2.05) is 30.5 Å². The van der Waals surface area contributed by atoms with E-state index < -0.39 is 0 Å². The number of hydrogen-bond acceptors (Lipinski definition) is 6. The van der Waals surface area contributed by atoms with E-state index in [0.717, 1.165) is 88.1 Å². The number of hydrogen-bond donors (Lipinski definition) is 2. The average Bonchev–Trinajstić information content (AvgIpc) is 3.04. The maximum Gasteiger partial charge on any atom is 0.319 e. The summed E-state index contributed by atoms with van der Waals surface area (Å²) in [6.07, 6.45) is 3.01. The predicted molar refractivity (Wildman–Crippen MR) is 127 cm³/mol. The fraction of sp³-hybridized carbons (Fsp3) is 0.500. The number of likely N-dealkylation sites (N-methyl/N-ethyl adjacent to an activating group) is 1. The van der Waals surface area contributed by atoms with Crippen molar-refractivity contribution in [2.75, 3.05) is 69.7 Å². The molecule has 4 rings (SSSR count). The number of carbonyl (C=O) groups excluding carboxylic acids is 1. The van der Waals surface area contributed by atoms with Crippen LogP contribution in [-0.2, 0) is 17.8 Å². The largest absolute Gasteiger partial charge is 0.379 e. The molecule has 2 N–H and O–H groups in total. The van der Waals surface area contributed by atoms with E-state index >= 15 is 0 Å². The summed E-state index contributed by atoms with van der Waals surface area (Å²) in [6, 6.07) is 11.9. The first kappa shape index (κ1) is 22.5. The number of rotatable bonds is 6. The van der Waals surface area contributed by atoms with Gasteiger partial charge in [-0.2, -0.15) is 0 Å². The molecule has 2 fully saturated rings. The first-order valence-corrected chi connectivity index (χ1v) is 11.5. The van der Waals surface area contributed by atoms with E-state index in [2.05, 4.69) is 49.5 Å². The quantitative estimate of drug-likeness (QED) is 0.722. The van der Waals surface area contributed by atoms with E-state index in [1.165, 1.54) is 0 Å². The number of morpholine rings is 1. The highest BCUT2D eigenvalue weighted by molar-refractivity contribution is 5.90. The number of amides is 2. The topological polar surface area (TPSA) is 73.0 Å². The van der Waals surface area contributed by atoms with Crippen LogP contribution < -0.4 is 15.5 Å². The third-order valence-corrected chi connectivity index (χ3v) is 6.07. The van der Waals surface area contributed by atoms with Crippen molar-refractivity contribution in [3.63, 3.8) is 0 Å². The van der Waals surface area contributed by atoms with Crippen molar-refractivity contribution in [2.24, 2.45) is 0 Å². The highest BCUT2D eigenvalue weighted by Gasteiger charge is 2.15. The normalized spacial score (nSPS) is 18.2. The molecule has 3 heterocycles. The standard InChI is InChI=1S/C24H34N6O2/c1-28-9-4-10-30(12-11-28)23-8-7-20(17-25-23)18-26-24(31)27-22-6-3-2-5-21(22)19-29-13-15-32-16-14-29/h2-3,5-8,17H,4,9-16,18-19H2,1H3,(H2,26,27,31). The molecule has 0 saturated carbocycles. The molecule has 2 saturated heterocycles. The van der Waals surface area contributed by atoms with Gasteiger partial charge in [0.2, 0.25) is 0 Å². The SMILES string of the molecule is CN1CCCN(c2ccc(CNC(=O)Nc3ccccc3CN3CCOCC3)cn2)CC1. The zero-order valence-corrected chi connectivity index (χ0v) is 18.9. The Bertz CT molecular complexity index is 869. The highest BCUT2D eigenvalue weighted by atomic mass is 16.5. The van der Waals surface area contributed by atoms with E-state index in [9.17, 15) is 4.79 Å². The van der Waals surface area contributed by atoms with Crippen molar-refractivity contribution in [2.45, 2.75) is 19.5 Å². The molecule has 8 heteroatoms. The van der Waals surface area contributed by atoms with Crippen LogP contribution in [-0.4, -0.2) is 80.3 Å². The van der Waals surface area contributed by atoms with Crippen LogP contribution in [0.25, 0.3) is 0 Å². The van der Waals surface area contributed by atoms with Crippen LogP contribution in [0.15, 0.2) is 42.6 Å². The third-order valence-electron chi connectivity index (χ3n) is 6.07. The first-order chi connectivity index (χ1) is 15.7. The number of aromatic nitrogens is 1. The first-order valence-electron chi connectivity index (χ1n) is 11.5. The predicted octanol–water partition coefficient (Wildman–Crippen LogP) is 2.38. The van der Waals surface area contributed by atoms with Gasteiger partial charge in [-0.1, -0.05) is 24.3 Å². The lowest BCUT2D eigenvalue weighted by Crippen LogP contribution is -2.36.